The van der Waals surface area contributed by atoms with Crippen molar-refractivity contribution >= 4 is 17.5 Å². The number of ether oxygens (including phenoxy) is 1. The van der Waals surface area contributed by atoms with Crippen LogP contribution in [0.1, 0.15) is 11.7 Å². The third-order valence-electron chi connectivity index (χ3n) is 3.26. The molecule has 2 rings (SSSR count). The second-order valence-corrected chi connectivity index (χ2v) is 5.42. The van der Waals surface area contributed by atoms with E-state index in [2.05, 4.69) is 0 Å². The summed E-state index contributed by atoms with van der Waals surface area (Å²) >= 11 is 6.11. The summed E-state index contributed by atoms with van der Waals surface area (Å²) in [4.78, 5) is 13.3. The zero-order valence-corrected chi connectivity index (χ0v) is 12.5. The molecule has 1 aliphatic rings. The molecule has 22 heavy (non-hydrogen) atoms. The van der Waals surface area contributed by atoms with Crippen LogP contribution in [0.15, 0.2) is 24.3 Å². The average Bonchev–Trinajstić information content (AvgIpc) is 2.45. The van der Waals surface area contributed by atoms with Gasteiger partial charge < -0.3 is 10.1 Å². The van der Waals surface area contributed by atoms with Crippen LogP contribution in [-0.2, 0) is 9.53 Å². The van der Waals surface area contributed by atoms with Gasteiger partial charge in [-0.15, -0.1) is 0 Å². The maximum atomic E-state index is 12.1. The number of nitrogens with zero attached hydrogens (tertiary/aromatic N) is 1. The van der Waals surface area contributed by atoms with Gasteiger partial charge in [-0.25, -0.2) is 0 Å². The minimum atomic E-state index is -4.40. The average molecular weight is 337 g/mol. The molecule has 1 N–H and O–H groups in total. The minimum Gasteiger partial charge on any atom is -0.371 e. The molecule has 0 saturated carbocycles. The fourth-order valence-electron chi connectivity index (χ4n) is 2.23. The molecule has 1 aliphatic heterocycles. The van der Waals surface area contributed by atoms with Gasteiger partial charge in [-0.2, -0.15) is 13.2 Å². The third-order valence-corrected chi connectivity index (χ3v) is 3.60. The Labute approximate surface area is 131 Å². The standard InChI is InChI=1S/C14H16ClF3N2O2/c15-11-4-2-1-3-10(11)12-7-20(5-6-22-12)8-13(21)19-9-14(16,17)18/h1-4,12H,5-9H2,(H,19,21)/t12-/m1/s1. The van der Waals surface area contributed by atoms with Gasteiger partial charge in [0.15, 0.2) is 0 Å². The number of benzene rings is 1. The highest BCUT2D eigenvalue weighted by Crippen LogP contribution is 2.28. The Bertz CT molecular complexity index is 525. The first kappa shape index (κ1) is 17.1. The van der Waals surface area contributed by atoms with Crippen LogP contribution in [0, 0.1) is 0 Å². The van der Waals surface area contributed by atoms with Gasteiger partial charge >= 0.3 is 6.18 Å². The first-order valence-electron chi connectivity index (χ1n) is 6.77. The number of rotatable bonds is 4. The van der Waals surface area contributed by atoms with Crippen LogP contribution < -0.4 is 5.32 Å². The number of hydrogen-bond donors (Lipinski definition) is 1. The van der Waals surface area contributed by atoms with Crippen molar-refractivity contribution in [2.75, 3.05) is 32.8 Å². The second kappa shape index (κ2) is 7.30. The highest BCUT2D eigenvalue weighted by Gasteiger charge is 2.29. The Morgan fingerprint density at radius 1 is 1.41 bits per heavy atom. The maximum Gasteiger partial charge on any atom is 0.405 e. The Kier molecular flexibility index (Phi) is 5.66. The topological polar surface area (TPSA) is 41.6 Å². The fourth-order valence-corrected chi connectivity index (χ4v) is 2.49. The van der Waals surface area contributed by atoms with Crippen LogP contribution in [0.3, 0.4) is 0 Å². The largest absolute Gasteiger partial charge is 0.405 e. The summed E-state index contributed by atoms with van der Waals surface area (Å²) in [5, 5.41) is 2.43. The Balaban J connectivity index is 1.88. The number of halogens is 4. The van der Waals surface area contributed by atoms with Crippen LogP contribution in [-0.4, -0.2) is 49.8 Å². The molecule has 1 amide bonds. The highest BCUT2D eigenvalue weighted by atomic mass is 35.5. The molecular formula is C14H16ClF3N2O2. The zero-order chi connectivity index (χ0) is 16.2. The van der Waals surface area contributed by atoms with E-state index < -0.39 is 18.6 Å². The van der Waals surface area contributed by atoms with E-state index in [0.717, 1.165) is 5.56 Å². The van der Waals surface area contributed by atoms with E-state index in [1.54, 1.807) is 17.0 Å². The van der Waals surface area contributed by atoms with Gasteiger partial charge in [-0.05, 0) is 6.07 Å². The molecule has 0 unspecified atom stereocenters. The van der Waals surface area contributed by atoms with E-state index in [1.807, 2.05) is 17.4 Å². The van der Waals surface area contributed by atoms with Crippen molar-refractivity contribution in [3.05, 3.63) is 34.9 Å². The number of morpholine rings is 1. The summed E-state index contributed by atoms with van der Waals surface area (Å²) in [6, 6.07) is 7.21. The molecule has 1 aromatic carbocycles. The molecule has 4 nitrogen and oxygen atoms in total. The molecule has 1 saturated heterocycles. The van der Waals surface area contributed by atoms with Crippen LogP contribution >= 0.6 is 11.6 Å². The molecule has 1 heterocycles. The number of nitrogens with one attached hydrogen (secondary N) is 1. The molecular weight excluding hydrogens is 321 g/mol. The van der Waals surface area contributed by atoms with E-state index in [9.17, 15) is 18.0 Å². The highest BCUT2D eigenvalue weighted by molar-refractivity contribution is 6.31. The number of amides is 1. The van der Waals surface area contributed by atoms with Gasteiger partial charge in [0.2, 0.25) is 5.91 Å². The third kappa shape index (κ3) is 5.15. The van der Waals surface area contributed by atoms with Crippen molar-refractivity contribution in [1.82, 2.24) is 10.2 Å². The van der Waals surface area contributed by atoms with Crippen molar-refractivity contribution < 1.29 is 22.7 Å². The summed E-state index contributed by atoms with van der Waals surface area (Å²) in [6.07, 6.45) is -4.70. The van der Waals surface area contributed by atoms with Crippen molar-refractivity contribution in [3.63, 3.8) is 0 Å². The van der Waals surface area contributed by atoms with Gasteiger partial charge in [-0.3, -0.25) is 9.69 Å². The predicted molar refractivity (Wildman–Crippen MR) is 75.6 cm³/mol. The molecule has 0 aliphatic carbocycles. The number of carbonyl (C=O) groups excluding carboxylic acids is 1. The Hall–Kier alpha value is -1.31. The van der Waals surface area contributed by atoms with Gasteiger partial charge in [-0.1, -0.05) is 29.8 Å². The Morgan fingerprint density at radius 3 is 2.82 bits per heavy atom. The van der Waals surface area contributed by atoms with E-state index in [-0.39, 0.29) is 12.6 Å². The summed E-state index contributed by atoms with van der Waals surface area (Å²) in [5.41, 5.74) is 0.810. The van der Waals surface area contributed by atoms with Crippen molar-refractivity contribution in [2.45, 2.75) is 12.3 Å². The first-order valence-corrected chi connectivity index (χ1v) is 7.15. The summed E-state index contributed by atoms with van der Waals surface area (Å²) < 4.78 is 41.8. The zero-order valence-electron chi connectivity index (χ0n) is 11.7. The molecule has 0 bridgehead atoms. The SMILES string of the molecule is O=C(CN1CCO[C@@H](c2ccccc2Cl)C1)NCC(F)(F)F. The lowest BCUT2D eigenvalue weighted by molar-refractivity contribution is -0.140. The number of hydrogen-bond acceptors (Lipinski definition) is 3. The van der Waals surface area contributed by atoms with Crippen LogP contribution in [0.25, 0.3) is 0 Å². The molecule has 0 spiro atoms. The lowest BCUT2D eigenvalue weighted by Gasteiger charge is -2.33. The normalized spacial score (nSPS) is 19.9. The van der Waals surface area contributed by atoms with Crippen LogP contribution in [0.2, 0.25) is 5.02 Å². The molecule has 1 aromatic rings. The summed E-state index contributed by atoms with van der Waals surface area (Å²) in [6.45, 7) is -0.128. The number of carbonyl (C=O) groups is 1. The van der Waals surface area contributed by atoms with Gasteiger partial charge in [0.25, 0.3) is 0 Å². The van der Waals surface area contributed by atoms with E-state index in [1.165, 1.54) is 0 Å². The van der Waals surface area contributed by atoms with E-state index in [4.69, 9.17) is 16.3 Å². The molecule has 1 atom stereocenters. The van der Waals surface area contributed by atoms with Gasteiger partial charge in [0.1, 0.15) is 6.54 Å². The fraction of sp³-hybridized carbons (Fsp3) is 0.500. The lowest BCUT2D eigenvalue weighted by atomic mass is 10.1. The monoisotopic (exact) mass is 336 g/mol. The molecule has 1 fully saturated rings. The maximum absolute atomic E-state index is 12.1. The molecule has 122 valence electrons. The quantitative estimate of drug-likeness (QED) is 0.918. The smallest absolute Gasteiger partial charge is 0.371 e. The summed E-state index contributed by atoms with van der Waals surface area (Å²) in [7, 11) is 0. The van der Waals surface area contributed by atoms with Gasteiger partial charge in [0.05, 0.1) is 19.3 Å². The van der Waals surface area contributed by atoms with E-state index in [0.29, 0.717) is 24.7 Å². The molecule has 0 radical (unpaired) electrons. The number of alkyl halides is 3. The Morgan fingerprint density at radius 2 is 2.14 bits per heavy atom. The second-order valence-electron chi connectivity index (χ2n) is 5.01. The van der Waals surface area contributed by atoms with Crippen molar-refractivity contribution in [2.24, 2.45) is 0 Å². The predicted octanol–water partition coefficient (Wildman–Crippen LogP) is 2.39. The summed E-state index contributed by atoms with van der Waals surface area (Å²) in [5.74, 6) is -0.655. The van der Waals surface area contributed by atoms with Crippen LogP contribution in [0.4, 0.5) is 13.2 Å². The molecule has 0 aromatic heterocycles. The van der Waals surface area contributed by atoms with Crippen molar-refractivity contribution in [3.8, 4) is 0 Å². The van der Waals surface area contributed by atoms with Gasteiger partial charge in [0, 0.05) is 23.7 Å². The molecule has 8 heteroatoms. The lowest BCUT2D eigenvalue weighted by Crippen LogP contribution is -2.45. The van der Waals surface area contributed by atoms with Crippen LogP contribution in [0.5, 0.6) is 0 Å². The van der Waals surface area contributed by atoms with E-state index >= 15 is 0 Å². The minimum absolute atomic E-state index is 0.0968. The van der Waals surface area contributed by atoms with Crippen molar-refractivity contribution in [1.29, 1.82) is 0 Å². The first-order chi connectivity index (χ1) is 10.3.